The first-order valence-electron chi connectivity index (χ1n) is 9.62. The summed E-state index contributed by atoms with van der Waals surface area (Å²) in [5.41, 5.74) is 10.2. The van der Waals surface area contributed by atoms with Gasteiger partial charge in [-0.3, -0.25) is 0 Å². The Kier molecular flexibility index (Phi) is 6.29. The highest BCUT2D eigenvalue weighted by Gasteiger charge is 2.11. The molecule has 0 spiro atoms. The Morgan fingerprint density at radius 2 is 1.93 bits per heavy atom. The fourth-order valence-corrected chi connectivity index (χ4v) is 2.86. The van der Waals surface area contributed by atoms with Crippen LogP contribution in [0, 0.1) is 0 Å². The molecule has 3 N–H and O–H groups in total. The first kappa shape index (κ1) is 19.2. The van der Waals surface area contributed by atoms with Crippen LogP contribution in [0.15, 0.2) is 36.7 Å². The van der Waals surface area contributed by atoms with E-state index in [1.165, 1.54) is 11.1 Å². The summed E-state index contributed by atoms with van der Waals surface area (Å²) in [6, 6.07) is 11.1. The Balaban J connectivity index is 1.76. The number of nitrogen functional groups attached to an aromatic ring is 1. The van der Waals surface area contributed by atoms with Gasteiger partial charge in [0, 0.05) is 25.2 Å². The quantitative estimate of drug-likeness (QED) is 0.563. The molecule has 0 amide bonds. The van der Waals surface area contributed by atoms with Gasteiger partial charge in [0.15, 0.2) is 5.82 Å². The SMILES string of the molecule is CCCCOc1cc2c(ncn2Cc2ccc(CNC(C)C)cc2)c(N)n1. The van der Waals surface area contributed by atoms with Crippen LogP contribution in [0.1, 0.15) is 44.7 Å². The van der Waals surface area contributed by atoms with E-state index in [4.69, 9.17) is 10.5 Å². The van der Waals surface area contributed by atoms with Crippen LogP contribution in [-0.2, 0) is 13.1 Å². The zero-order chi connectivity index (χ0) is 19.2. The van der Waals surface area contributed by atoms with Crippen molar-refractivity contribution in [3.05, 3.63) is 47.8 Å². The van der Waals surface area contributed by atoms with Crippen molar-refractivity contribution in [2.24, 2.45) is 0 Å². The standard InChI is InChI=1S/C21H29N5O/c1-4-5-10-27-19-11-18-20(21(22)25-19)24-14-26(18)13-17-8-6-16(7-9-17)12-23-15(2)3/h6-9,11,14-15,23H,4-5,10,12-13H2,1-3H3,(H2,22,25). The lowest BCUT2D eigenvalue weighted by Crippen LogP contribution is -2.21. The van der Waals surface area contributed by atoms with Crippen molar-refractivity contribution in [1.82, 2.24) is 19.9 Å². The van der Waals surface area contributed by atoms with Crippen LogP contribution < -0.4 is 15.8 Å². The lowest BCUT2D eigenvalue weighted by Gasteiger charge is -2.10. The zero-order valence-electron chi connectivity index (χ0n) is 16.4. The highest BCUT2D eigenvalue weighted by Crippen LogP contribution is 2.24. The zero-order valence-corrected chi connectivity index (χ0v) is 16.4. The minimum absolute atomic E-state index is 0.410. The van der Waals surface area contributed by atoms with Crippen molar-refractivity contribution in [2.75, 3.05) is 12.3 Å². The monoisotopic (exact) mass is 367 g/mol. The van der Waals surface area contributed by atoms with Gasteiger partial charge in [-0.2, -0.15) is 4.98 Å². The summed E-state index contributed by atoms with van der Waals surface area (Å²) in [6.07, 6.45) is 3.89. The number of hydrogen-bond donors (Lipinski definition) is 2. The number of benzene rings is 1. The van der Waals surface area contributed by atoms with Crippen molar-refractivity contribution in [2.45, 2.75) is 52.7 Å². The maximum atomic E-state index is 6.07. The summed E-state index contributed by atoms with van der Waals surface area (Å²) in [5, 5.41) is 3.43. The van der Waals surface area contributed by atoms with Crippen LogP contribution in [0.3, 0.4) is 0 Å². The van der Waals surface area contributed by atoms with Crippen LogP contribution in [0.5, 0.6) is 5.88 Å². The van der Waals surface area contributed by atoms with Gasteiger partial charge < -0.3 is 20.4 Å². The van der Waals surface area contributed by atoms with Crippen LogP contribution >= 0.6 is 0 Å². The molecule has 3 aromatic rings. The number of pyridine rings is 1. The molecule has 0 bridgehead atoms. The molecule has 0 fully saturated rings. The molecule has 144 valence electrons. The first-order valence-corrected chi connectivity index (χ1v) is 9.62. The number of fused-ring (bicyclic) bond motifs is 1. The van der Waals surface area contributed by atoms with Gasteiger partial charge in [0.1, 0.15) is 5.52 Å². The molecule has 0 atom stereocenters. The fraction of sp³-hybridized carbons (Fsp3) is 0.429. The highest BCUT2D eigenvalue weighted by molar-refractivity contribution is 5.85. The molecule has 3 rings (SSSR count). The smallest absolute Gasteiger partial charge is 0.217 e. The van der Waals surface area contributed by atoms with E-state index in [9.17, 15) is 0 Å². The van der Waals surface area contributed by atoms with Gasteiger partial charge >= 0.3 is 0 Å². The lowest BCUT2D eigenvalue weighted by molar-refractivity contribution is 0.298. The normalized spacial score (nSPS) is 11.4. The molecule has 0 saturated heterocycles. The molecule has 0 radical (unpaired) electrons. The Hall–Kier alpha value is -2.60. The molecule has 0 aliphatic carbocycles. The van der Waals surface area contributed by atoms with Gasteiger partial charge in [0.05, 0.1) is 18.5 Å². The Morgan fingerprint density at radius 1 is 1.19 bits per heavy atom. The van der Waals surface area contributed by atoms with Crippen molar-refractivity contribution in [1.29, 1.82) is 0 Å². The van der Waals surface area contributed by atoms with Gasteiger partial charge in [-0.1, -0.05) is 51.5 Å². The number of aromatic nitrogens is 3. The molecule has 0 aliphatic heterocycles. The molecule has 27 heavy (non-hydrogen) atoms. The molecule has 0 aliphatic rings. The number of nitrogens with one attached hydrogen (secondary N) is 1. The molecular weight excluding hydrogens is 338 g/mol. The third kappa shape index (κ3) is 4.98. The van der Waals surface area contributed by atoms with E-state index in [0.717, 1.165) is 37.0 Å². The maximum absolute atomic E-state index is 6.07. The van der Waals surface area contributed by atoms with Gasteiger partial charge in [0.2, 0.25) is 5.88 Å². The van der Waals surface area contributed by atoms with Gasteiger partial charge in [-0.15, -0.1) is 0 Å². The lowest BCUT2D eigenvalue weighted by atomic mass is 10.1. The van der Waals surface area contributed by atoms with Crippen LogP contribution in [-0.4, -0.2) is 27.2 Å². The number of ether oxygens (including phenoxy) is 1. The third-order valence-corrected chi connectivity index (χ3v) is 4.45. The first-order chi connectivity index (χ1) is 13.1. The summed E-state index contributed by atoms with van der Waals surface area (Å²) < 4.78 is 7.82. The third-order valence-electron chi connectivity index (χ3n) is 4.45. The molecule has 1 aromatic carbocycles. The molecule has 2 aromatic heterocycles. The summed E-state index contributed by atoms with van der Waals surface area (Å²) in [6.45, 7) is 8.69. The fourth-order valence-electron chi connectivity index (χ4n) is 2.86. The second kappa shape index (κ2) is 8.86. The van der Waals surface area contributed by atoms with Gasteiger partial charge in [-0.25, -0.2) is 4.98 Å². The predicted octanol–water partition coefficient (Wildman–Crippen LogP) is 3.74. The minimum atomic E-state index is 0.410. The van der Waals surface area contributed by atoms with Crippen LogP contribution in [0.25, 0.3) is 11.0 Å². The average molecular weight is 367 g/mol. The van der Waals surface area contributed by atoms with E-state index in [1.807, 2.05) is 12.4 Å². The highest BCUT2D eigenvalue weighted by atomic mass is 16.5. The van der Waals surface area contributed by atoms with Crippen molar-refractivity contribution >= 4 is 16.9 Å². The maximum Gasteiger partial charge on any atom is 0.217 e. The molecule has 0 unspecified atom stereocenters. The Bertz CT molecular complexity index is 870. The summed E-state index contributed by atoms with van der Waals surface area (Å²) in [7, 11) is 0. The van der Waals surface area contributed by atoms with Gasteiger partial charge in [0.25, 0.3) is 0 Å². The number of nitrogens with zero attached hydrogens (tertiary/aromatic N) is 3. The van der Waals surface area contributed by atoms with Crippen molar-refractivity contribution in [3.8, 4) is 5.88 Å². The molecule has 2 heterocycles. The number of hydrogen-bond acceptors (Lipinski definition) is 5. The topological polar surface area (TPSA) is 78.0 Å². The van der Waals surface area contributed by atoms with E-state index < -0.39 is 0 Å². The van der Waals surface area contributed by atoms with Crippen molar-refractivity contribution in [3.63, 3.8) is 0 Å². The van der Waals surface area contributed by atoms with Gasteiger partial charge in [-0.05, 0) is 17.5 Å². The molecule has 0 saturated carbocycles. The van der Waals surface area contributed by atoms with E-state index in [0.29, 0.717) is 24.3 Å². The number of nitrogens with two attached hydrogens (primary N) is 1. The van der Waals surface area contributed by atoms with Crippen molar-refractivity contribution < 1.29 is 4.74 Å². The van der Waals surface area contributed by atoms with Crippen LogP contribution in [0.2, 0.25) is 0 Å². The number of imidazole rings is 1. The Morgan fingerprint density at radius 3 is 2.63 bits per heavy atom. The summed E-state index contributed by atoms with van der Waals surface area (Å²) >= 11 is 0. The van der Waals surface area contributed by atoms with E-state index in [1.54, 1.807) is 0 Å². The Labute approximate surface area is 160 Å². The minimum Gasteiger partial charge on any atom is -0.478 e. The second-order valence-corrected chi connectivity index (χ2v) is 7.14. The predicted molar refractivity (Wildman–Crippen MR) is 110 cm³/mol. The average Bonchev–Trinajstić information content (AvgIpc) is 3.05. The largest absolute Gasteiger partial charge is 0.478 e. The second-order valence-electron chi connectivity index (χ2n) is 7.14. The summed E-state index contributed by atoms with van der Waals surface area (Å²) in [5.74, 6) is 0.971. The number of unbranched alkanes of at least 4 members (excludes halogenated alkanes) is 1. The van der Waals surface area contributed by atoms with Crippen LogP contribution in [0.4, 0.5) is 5.82 Å². The molecular formula is C21H29N5O. The summed E-state index contributed by atoms with van der Waals surface area (Å²) in [4.78, 5) is 8.74. The van der Waals surface area contributed by atoms with E-state index in [-0.39, 0.29) is 0 Å². The molecule has 6 heteroatoms. The molecule has 6 nitrogen and oxygen atoms in total. The number of rotatable bonds is 9. The van der Waals surface area contributed by atoms with E-state index in [2.05, 4.69) is 64.9 Å². The van der Waals surface area contributed by atoms with E-state index >= 15 is 0 Å². The number of anilines is 1.